The van der Waals surface area contributed by atoms with Crippen molar-refractivity contribution in [2.45, 2.75) is 32.2 Å². The molecule has 2 fully saturated rings. The fourth-order valence-corrected chi connectivity index (χ4v) is 3.61. The number of rotatable bonds is 2. The van der Waals surface area contributed by atoms with Crippen LogP contribution in [-0.2, 0) is 6.54 Å². The van der Waals surface area contributed by atoms with Crippen LogP contribution in [0.1, 0.15) is 25.7 Å². The summed E-state index contributed by atoms with van der Waals surface area (Å²) in [6.45, 7) is 1.13. The summed E-state index contributed by atoms with van der Waals surface area (Å²) in [6.07, 6.45) is 9.87. The molecular formula is C11H15BrN2. The lowest BCUT2D eigenvalue weighted by Crippen LogP contribution is -2.17. The van der Waals surface area contributed by atoms with Gasteiger partial charge in [-0.3, -0.25) is 4.68 Å². The quantitative estimate of drug-likeness (QED) is 0.794. The third-order valence-corrected chi connectivity index (χ3v) is 4.32. The Morgan fingerprint density at radius 2 is 2.36 bits per heavy atom. The third kappa shape index (κ3) is 1.52. The highest BCUT2D eigenvalue weighted by Gasteiger charge is 2.39. The van der Waals surface area contributed by atoms with Gasteiger partial charge in [-0.15, -0.1) is 0 Å². The van der Waals surface area contributed by atoms with Crippen LogP contribution in [0, 0.1) is 17.8 Å². The smallest absolute Gasteiger partial charge is 0.0632 e. The van der Waals surface area contributed by atoms with Gasteiger partial charge >= 0.3 is 0 Å². The molecule has 2 saturated carbocycles. The number of fused-ring (bicyclic) bond motifs is 2. The van der Waals surface area contributed by atoms with E-state index >= 15 is 0 Å². The van der Waals surface area contributed by atoms with Crippen molar-refractivity contribution >= 4 is 15.9 Å². The van der Waals surface area contributed by atoms with E-state index in [2.05, 4.69) is 31.9 Å². The lowest BCUT2D eigenvalue weighted by Gasteiger charge is -2.21. The zero-order chi connectivity index (χ0) is 9.54. The Morgan fingerprint density at radius 1 is 1.43 bits per heavy atom. The van der Waals surface area contributed by atoms with E-state index in [1.54, 1.807) is 0 Å². The summed E-state index contributed by atoms with van der Waals surface area (Å²) in [5.74, 6) is 2.95. The molecule has 2 aliphatic rings. The lowest BCUT2D eigenvalue weighted by atomic mass is 9.89. The number of halogens is 1. The zero-order valence-electron chi connectivity index (χ0n) is 8.19. The summed E-state index contributed by atoms with van der Waals surface area (Å²) in [4.78, 5) is 0. The average molecular weight is 255 g/mol. The van der Waals surface area contributed by atoms with Gasteiger partial charge in [0.05, 0.1) is 10.7 Å². The fourth-order valence-electron chi connectivity index (χ4n) is 3.28. The van der Waals surface area contributed by atoms with E-state index in [1.165, 1.54) is 25.7 Å². The predicted octanol–water partition coefficient (Wildman–Crippen LogP) is 3.08. The molecule has 2 aliphatic carbocycles. The van der Waals surface area contributed by atoms with Crippen molar-refractivity contribution in [3.8, 4) is 0 Å². The van der Waals surface area contributed by atoms with E-state index in [-0.39, 0.29) is 0 Å². The molecule has 1 aromatic rings. The minimum atomic E-state index is 0.903. The van der Waals surface area contributed by atoms with E-state index in [9.17, 15) is 0 Å². The van der Waals surface area contributed by atoms with Gasteiger partial charge in [-0.2, -0.15) is 5.10 Å². The molecule has 0 amide bonds. The van der Waals surface area contributed by atoms with Crippen molar-refractivity contribution < 1.29 is 0 Å². The minimum Gasteiger partial charge on any atom is -0.271 e. The molecule has 0 N–H and O–H groups in total. The number of aromatic nitrogens is 2. The van der Waals surface area contributed by atoms with Crippen LogP contribution in [0.2, 0.25) is 0 Å². The van der Waals surface area contributed by atoms with Crippen LogP contribution in [0.15, 0.2) is 16.9 Å². The number of hydrogen-bond acceptors (Lipinski definition) is 1. The normalized spacial score (nSPS) is 35.4. The second-order valence-corrected chi connectivity index (χ2v) is 5.73. The van der Waals surface area contributed by atoms with Gasteiger partial charge < -0.3 is 0 Å². The molecule has 76 valence electrons. The molecule has 3 atom stereocenters. The zero-order valence-corrected chi connectivity index (χ0v) is 9.78. The molecule has 3 unspecified atom stereocenters. The van der Waals surface area contributed by atoms with E-state index < -0.39 is 0 Å². The molecular weight excluding hydrogens is 240 g/mol. The van der Waals surface area contributed by atoms with E-state index in [0.717, 1.165) is 28.8 Å². The lowest BCUT2D eigenvalue weighted by molar-refractivity contribution is 0.285. The van der Waals surface area contributed by atoms with Gasteiger partial charge in [0.15, 0.2) is 0 Å². The van der Waals surface area contributed by atoms with Gasteiger partial charge in [-0.05, 0) is 52.9 Å². The molecule has 2 bridgehead atoms. The van der Waals surface area contributed by atoms with Crippen molar-refractivity contribution in [3.63, 3.8) is 0 Å². The van der Waals surface area contributed by atoms with Crippen molar-refractivity contribution in [2.24, 2.45) is 17.8 Å². The van der Waals surface area contributed by atoms with Gasteiger partial charge in [0, 0.05) is 12.7 Å². The minimum absolute atomic E-state index is 0.903. The Balaban J connectivity index is 1.68. The van der Waals surface area contributed by atoms with Crippen LogP contribution in [0.4, 0.5) is 0 Å². The van der Waals surface area contributed by atoms with Gasteiger partial charge in [0.25, 0.3) is 0 Å². The first kappa shape index (κ1) is 8.96. The Morgan fingerprint density at radius 3 is 2.93 bits per heavy atom. The average Bonchev–Trinajstić information content (AvgIpc) is 2.82. The molecule has 0 aliphatic heterocycles. The highest BCUT2D eigenvalue weighted by atomic mass is 79.9. The van der Waals surface area contributed by atoms with Crippen molar-refractivity contribution in [2.75, 3.05) is 0 Å². The first-order valence-electron chi connectivity index (χ1n) is 5.49. The molecule has 0 aromatic carbocycles. The maximum absolute atomic E-state index is 4.33. The van der Waals surface area contributed by atoms with Crippen LogP contribution in [-0.4, -0.2) is 9.78 Å². The predicted molar refractivity (Wildman–Crippen MR) is 58.9 cm³/mol. The molecule has 0 spiro atoms. The summed E-state index contributed by atoms with van der Waals surface area (Å²) in [5.41, 5.74) is 0. The van der Waals surface area contributed by atoms with Gasteiger partial charge in [-0.25, -0.2) is 0 Å². The summed E-state index contributed by atoms with van der Waals surface area (Å²) in [7, 11) is 0. The Hall–Kier alpha value is -0.310. The second kappa shape index (κ2) is 3.37. The Bertz CT molecular complexity index is 334. The maximum atomic E-state index is 4.33. The van der Waals surface area contributed by atoms with E-state index in [1.807, 2.05) is 6.20 Å². The van der Waals surface area contributed by atoms with Gasteiger partial charge in [0.1, 0.15) is 0 Å². The summed E-state index contributed by atoms with van der Waals surface area (Å²) in [6, 6.07) is 0. The molecule has 0 radical (unpaired) electrons. The molecule has 14 heavy (non-hydrogen) atoms. The largest absolute Gasteiger partial charge is 0.271 e. The van der Waals surface area contributed by atoms with E-state index in [0.29, 0.717) is 0 Å². The number of nitrogens with zero attached hydrogens (tertiary/aromatic N) is 2. The van der Waals surface area contributed by atoms with Crippen LogP contribution in [0.25, 0.3) is 0 Å². The van der Waals surface area contributed by atoms with Crippen LogP contribution in [0.5, 0.6) is 0 Å². The summed E-state index contributed by atoms with van der Waals surface area (Å²) >= 11 is 3.44. The number of hydrogen-bond donors (Lipinski definition) is 0. The topological polar surface area (TPSA) is 17.8 Å². The fraction of sp³-hybridized carbons (Fsp3) is 0.727. The highest BCUT2D eigenvalue weighted by Crippen LogP contribution is 2.48. The van der Waals surface area contributed by atoms with E-state index in [4.69, 9.17) is 0 Å². The standard InChI is InChI=1S/C11H15BrN2/c12-11-5-13-14(7-11)6-10-4-8-1-2-9(10)3-8/h5,7-10H,1-4,6H2. The molecule has 3 heteroatoms. The van der Waals surface area contributed by atoms with Crippen LogP contribution >= 0.6 is 15.9 Å². The first-order valence-corrected chi connectivity index (χ1v) is 6.28. The van der Waals surface area contributed by atoms with Crippen LogP contribution in [0.3, 0.4) is 0 Å². The Labute approximate surface area is 92.8 Å². The molecule has 3 rings (SSSR count). The SMILES string of the molecule is Brc1cnn(CC2CC3CCC2C3)c1. The highest BCUT2D eigenvalue weighted by molar-refractivity contribution is 9.10. The van der Waals surface area contributed by atoms with Crippen molar-refractivity contribution in [1.29, 1.82) is 0 Å². The Kier molecular flexibility index (Phi) is 2.15. The van der Waals surface area contributed by atoms with Crippen molar-refractivity contribution in [1.82, 2.24) is 9.78 Å². The van der Waals surface area contributed by atoms with Gasteiger partial charge in [0.2, 0.25) is 0 Å². The molecule has 0 saturated heterocycles. The molecule has 1 aromatic heterocycles. The monoisotopic (exact) mass is 254 g/mol. The summed E-state index contributed by atoms with van der Waals surface area (Å²) in [5, 5.41) is 4.33. The molecule has 1 heterocycles. The maximum Gasteiger partial charge on any atom is 0.0632 e. The van der Waals surface area contributed by atoms with Crippen LogP contribution < -0.4 is 0 Å². The van der Waals surface area contributed by atoms with Gasteiger partial charge in [-0.1, -0.05) is 6.42 Å². The first-order chi connectivity index (χ1) is 6.81. The second-order valence-electron chi connectivity index (χ2n) is 4.82. The molecule has 2 nitrogen and oxygen atoms in total. The summed E-state index contributed by atoms with van der Waals surface area (Å²) < 4.78 is 3.19. The van der Waals surface area contributed by atoms with Crippen molar-refractivity contribution in [3.05, 3.63) is 16.9 Å². The third-order valence-electron chi connectivity index (χ3n) is 3.91.